The lowest BCUT2D eigenvalue weighted by atomic mass is 10.3. The van der Waals surface area contributed by atoms with E-state index in [2.05, 4.69) is 0 Å². The van der Waals surface area contributed by atoms with Gasteiger partial charge in [0.25, 0.3) is 5.08 Å². The Morgan fingerprint density at radius 3 is 1.89 bits per heavy atom. The van der Waals surface area contributed by atoms with Crippen LogP contribution >= 0.6 is 15.2 Å². The first kappa shape index (κ1) is 16.3. The van der Waals surface area contributed by atoms with E-state index in [0.29, 0.717) is 5.75 Å². The molecule has 0 spiro atoms. The van der Waals surface area contributed by atoms with Crippen LogP contribution in [-0.2, 0) is 9.13 Å². The van der Waals surface area contributed by atoms with Gasteiger partial charge in [0.2, 0.25) is 0 Å². The highest BCUT2D eigenvalue weighted by molar-refractivity contribution is 7.72. The van der Waals surface area contributed by atoms with Gasteiger partial charge in [-0.05, 0) is 12.1 Å². The highest BCUT2D eigenvalue weighted by Crippen LogP contribution is 2.68. The maximum absolute atomic E-state index is 11.0. The summed E-state index contributed by atoms with van der Waals surface area (Å²) in [5, 5.41) is 6.12. The molecule has 0 saturated heterocycles. The Hall–Kier alpha value is -0.720. The number of rotatable bonds is 6. The number of hydrogen-bond donors (Lipinski definition) is 5. The molecule has 0 atom stereocenters. The molecule has 19 heavy (non-hydrogen) atoms. The molecular weight excluding hydrogens is 298 g/mol. The highest BCUT2D eigenvalue weighted by Gasteiger charge is 2.59. The fourth-order valence-corrected chi connectivity index (χ4v) is 3.41. The molecule has 0 fully saturated rings. The van der Waals surface area contributed by atoms with Gasteiger partial charge in [-0.3, -0.25) is 9.13 Å². The van der Waals surface area contributed by atoms with E-state index in [-0.39, 0.29) is 0 Å². The maximum Gasteiger partial charge on any atom is 0.369 e. The second-order valence-corrected chi connectivity index (χ2v) is 7.78. The monoisotopic (exact) mass is 312 g/mol. The Kier molecular flexibility index (Phi) is 4.92. The van der Waals surface area contributed by atoms with Crippen molar-refractivity contribution in [2.75, 3.05) is 6.61 Å². The minimum atomic E-state index is -5.42. The molecule has 108 valence electrons. The van der Waals surface area contributed by atoms with Crippen LogP contribution in [0.15, 0.2) is 30.3 Å². The van der Waals surface area contributed by atoms with E-state index in [0.717, 1.165) is 0 Å². The van der Waals surface area contributed by atoms with Crippen LogP contribution < -0.4 is 4.74 Å². The van der Waals surface area contributed by atoms with Crippen LogP contribution in [0, 0.1) is 0 Å². The predicted molar refractivity (Wildman–Crippen MR) is 65.6 cm³/mol. The molecule has 0 aliphatic carbocycles. The molecule has 5 N–H and O–H groups in total. The first-order valence-electron chi connectivity index (χ1n) is 5.09. The van der Waals surface area contributed by atoms with E-state index in [1.54, 1.807) is 30.3 Å². The van der Waals surface area contributed by atoms with E-state index in [4.69, 9.17) is 24.3 Å². The number of para-hydroxylation sites is 1. The molecule has 1 rings (SSSR count). The Morgan fingerprint density at radius 2 is 1.47 bits per heavy atom. The zero-order valence-corrected chi connectivity index (χ0v) is 11.4. The topological polar surface area (TPSA) is 145 Å². The number of benzene rings is 1. The quantitative estimate of drug-likeness (QED) is 0.476. The summed E-state index contributed by atoms with van der Waals surface area (Å²) in [6.07, 6.45) is -0.906. The molecule has 0 aromatic heterocycles. The Bertz CT molecular complexity index is 482. The predicted octanol–water partition coefficient (Wildman–Crippen LogP) is 0.457. The molecule has 10 heteroatoms. The summed E-state index contributed by atoms with van der Waals surface area (Å²) in [7, 11) is -10.8. The van der Waals surface area contributed by atoms with Gasteiger partial charge >= 0.3 is 15.2 Å². The highest BCUT2D eigenvalue weighted by atomic mass is 31.2. The Morgan fingerprint density at radius 1 is 1.00 bits per heavy atom. The van der Waals surface area contributed by atoms with Gasteiger partial charge in [-0.15, -0.1) is 0 Å². The van der Waals surface area contributed by atoms with Crippen LogP contribution in [0.2, 0.25) is 0 Å². The third-order valence-electron chi connectivity index (χ3n) is 2.38. The van der Waals surface area contributed by atoms with Crippen molar-refractivity contribution in [2.45, 2.75) is 11.5 Å². The molecule has 0 heterocycles. The first-order valence-corrected chi connectivity index (χ1v) is 8.32. The van der Waals surface area contributed by atoms with Gasteiger partial charge in [0.05, 0.1) is 6.61 Å². The average Bonchev–Trinajstić information content (AvgIpc) is 2.27. The first-order chi connectivity index (χ1) is 8.58. The summed E-state index contributed by atoms with van der Waals surface area (Å²) < 4.78 is 27.1. The van der Waals surface area contributed by atoms with E-state index >= 15 is 0 Å². The SMILES string of the molecule is O=P(O)(O)C(O)(CCOc1ccccc1)P(=O)(O)O. The second kappa shape index (κ2) is 5.73. The van der Waals surface area contributed by atoms with Gasteiger partial charge in [-0.1, -0.05) is 18.2 Å². The molecule has 1 aromatic rings. The number of ether oxygens (including phenoxy) is 1. The summed E-state index contributed by atoms with van der Waals surface area (Å²) in [5.41, 5.74) is 0. The summed E-state index contributed by atoms with van der Waals surface area (Å²) in [5.74, 6) is 0.348. The van der Waals surface area contributed by atoms with Gasteiger partial charge < -0.3 is 29.4 Å². The van der Waals surface area contributed by atoms with E-state index < -0.39 is 33.3 Å². The minimum Gasteiger partial charge on any atom is -0.493 e. The number of hydrogen-bond acceptors (Lipinski definition) is 4. The maximum atomic E-state index is 11.0. The molecule has 0 unspecified atom stereocenters. The largest absolute Gasteiger partial charge is 0.493 e. The fraction of sp³-hybridized carbons (Fsp3) is 0.333. The van der Waals surface area contributed by atoms with Crippen molar-refractivity contribution in [2.24, 2.45) is 0 Å². The average molecular weight is 312 g/mol. The normalized spacial score (nSPS) is 13.3. The van der Waals surface area contributed by atoms with Crippen molar-refractivity contribution in [1.82, 2.24) is 0 Å². The van der Waals surface area contributed by atoms with Gasteiger partial charge in [-0.25, -0.2) is 0 Å². The molecular formula is C9H14O8P2. The minimum absolute atomic E-state index is 0.348. The lowest BCUT2D eigenvalue weighted by Crippen LogP contribution is -2.30. The van der Waals surface area contributed by atoms with Crippen LogP contribution in [0.1, 0.15) is 6.42 Å². The summed E-state index contributed by atoms with van der Waals surface area (Å²) in [4.78, 5) is 35.5. The zero-order valence-electron chi connectivity index (χ0n) is 9.66. The molecule has 8 nitrogen and oxygen atoms in total. The third kappa shape index (κ3) is 3.87. The van der Waals surface area contributed by atoms with Gasteiger partial charge in [0.1, 0.15) is 5.75 Å². The van der Waals surface area contributed by atoms with E-state index in [1.807, 2.05) is 0 Å². The van der Waals surface area contributed by atoms with Crippen LogP contribution in [-0.4, -0.2) is 36.4 Å². The van der Waals surface area contributed by atoms with Crippen LogP contribution in [0.25, 0.3) is 0 Å². The molecule has 0 bridgehead atoms. The van der Waals surface area contributed by atoms with Gasteiger partial charge in [-0.2, -0.15) is 0 Å². The summed E-state index contributed by atoms with van der Waals surface area (Å²) in [6.45, 7) is -0.462. The Labute approximate surface area is 109 Å². The fourth-order valence-electron chi connectivity index (χ4n) is 1.28. The molecule has 1 aromatic carbocycles. The van der Waals surface area contributed by atoms with Gasteiger partial charge in [0, 0.05) is 6.42 Å². The summed E-state index contributed by atoms with van der Waals surface area (Å²) in [6, 6.07) is 8.11. The Balaban J connectivity index is 2.77. The zero-order chi connectivity index (χ0) is 14.7. The van der Waals surface area contributed by atoms with Gasteiger partial charge in [0.15, 0.2) is 0 Å². The number of aliphatic hydroxyl groups is 1. The van der Waals surface area contributed by atoms with Crippen molar-refractivity contribution >= 4 is 15.2 Å². The van der Waals surface area contributed by atoms with Crippen molar-refractivity contribution in [3.05, 3.63) is 30.3 Å². The van der Waals surface area contributed by atoms with Crippen molar-refractivity contribution in [1.29, 1.82) is 0 Å². The molecule has 0 radical (unpaired) electrons. The second-order valence-electron chi connectivity index (χ2n) is 3.77. The molecule has 0 aliphatic heterocycles. The van der Waals surface area contributed by atoms with E-state index in [1.165, 1.54) is 0 Å². The smallest absolute Gasteiger partial charge is 0.369 e. The lowest BCUT2D eigenvalue weighted by molar-refractivity contribution is 0.106. The molecule has 0 aliphatic rings. The van der Waals surface area contributed by atoms with Crippen LogP contribution in [0.4, 0.5) is 0 Å². The van der Waals surface area contributed by atoms with E-state index in [9.17, 15) is 14.2 Å². The van der Waals surface area contributed by atoms with Crippen LogP contribution in [0.5, 0.6) is 5.75 Å². The lowest BCUT2D eigenvalue weighted by Gasteiger charge is -2.28. The molecule has 0 amide bonds. The third-order valence-corrected chi connectivity index (χ3v) is 6.26. The summed E-state index contributed by atoms with van der Waals surface area (Å²) >= 11 is 0. The standard InChI is InChI=1S/C9H14O8P2/c10-9(18(11,12)13,19(14,15)16)6-7-17-8-4-2-1-3-5-8/h1-5,10H,6-7H2,(H2,11,12,13)(H2,14,15,16). The molecule has 0 saturated carbocycles. The van der Waals surface area contributed by atoms with Crippen LogP contribution in [0.3, 0.4) is 0 Å². The van der Waals surface area contributed by atoms with Crippen molar-refractivity contribution in [3.63, 3.8) is 0 Å². The van der Waals surface area contributed by atoms with Crippen molar-refractivity contribution < 1.29 is 38.5 Å². The van der Waals surface area contributed by atoms with Crippen molar-refractivity contribution in [3.8, 4) is 5.75 Å².